The van der Waals surface area contributed by atoms with Crippen molar-refractivity contribution in [1.29, 1.82) is 0 Å². The lowest BCUT2D eigenvalue weighted by atomic mass is 9.89. The second kappa shape index (κ2) is 4.54. The van der Waals surface area contributed by atoms with Crippen LogP contribution < -0.4 is 0 Å². The molecule has 0 saturated heterocycles. The van der Waals surface area contributed by atoms with E-state index < -0.39 is 0 Å². The molecule has 0 heterocycles. The molecule has 0 N–H and O–H groups in total. The van der Waals surface area contributed by atoms with Crippen molar-refractivity contribution in [2.75, 3.05) is 13.6 Å². The monoisotopic (exact) mass is 253 g/mol. The molecule has 0 unspecified atom stereocenters. The lowest BCUT2D eigenvalue weighted by molar-refractivity contribution is 0.320. The third-order valence-corrected chi connectivity index (χ3v) is 2.63. The van der Waals surface area contributed by atoms with Gasteiger partial charge in [-0.15, -0.1) is 0 Å². The maximum absolute atomic E-state index is 2.38. The predicted molar refractivity (Wildman–Crippen MR) is 53.2 cm³/mol. The summed E-state index contributed by atoms with van der Waals surface area (Å²) in [4.78, 5) is 0. The smallest absolute Gasteiger partial charge is 0.0198 e. The number of rotatable bonds is 2. The van der Waals surface area contributed by atoms with E-state index in [2.05, 4.69) is 33.0 Å². The van der Waals surface area contributed by atoms with Crippen molar-refractivity contribution in [3.8, 4) is 0 Å². The van der Waals surface area contributed by atoms with Crippen molar-refractivity contribution >= 4 is 22.9 Å². The van der Waals surface area contributed by atoms with Gasteiger partial charge in [0.2, 0.25) is 0 Å². The third kappa shape index (κ3) is 3.19. The Morgan fingerprint density at radius 3 is 2.40 bits per heavy atom. The van der Waals surface area contributed by atoms with Gasteiger partial charge in [-0.3, -0.25) is 3.11 Å². The highest BCUT2D eigenvalue weighted by atomic mass is 127. The zero-order valence-corrected chi connectivity index (χ0v) is 8.80. The minimum Gasteiger partial charge on any atom is -0.250 e. The Labute approximate surface area is 77.7 Å². The van der Waals surface area contributed by atoms with Crippen LogP contribution in [-0.4, -0.2) is 16.7 Å². The molecular formula is C8H16IN. The normalized spacial score (nSPS) is 21.9. The summed E-state index contributed by atoms with van der Waals surface area (Å²) in [6.07, 6.45) is 7.34. The van der Waals surface area contributed by atoms with Crippen molar-refractivity contribution in [2.45, 2.75) is 32.1 Å². The molecule has 0 spiro atoms. The van der Waals surface area contributed by atoms with Gasteiger partial charge in [0.25, 0.3) is 0 Å². The van der Waals surface area contributed by atoms with Crippen LogP contribution in [0.3, 0.4) is 0 Å². The average molecular weight is 253 g/mol. The summed E-state index contributed by atoms with van der Waals surface area (Å²) in [5.41, 5.74) is 0. The van der Waals surface area contributed by atoms with E-state index in [9.17, 15) is 0 Å². The molecule has 0 aromatic carbocycles. The van der Waals surface area contributed by atoms with Gasteiger partial charge in [0.15, 0.2) is 0 Å². The van der Waals surface area contributed by atoms with Crippen LogP contribution in [0.15, 0.2) is 0 Å². The van der Waals surface area contributed by atoms with E-state index in [1.165, 1.54) is 38.6 Å². The molecule has 0 bridgehead atoms. The molecule has 60 valence electrons. The van der Waals surface area contributed by atoms with Crippen LogP contribution in [0.2, 0.25) is 0 Å². The molecule has 10 heavy (non-hydrogen) atoms. The van der Waals surface area contributed by atoms with Crippen LogP contribution in [-0.2, 0) is 0 Å². The second-order valence-electron chi connectivity index (χ2n) is 3.29. The summed E-state index contributed by atoms with van der Waals surface area (Å²) >= 11 is 2.38. The van der Waals surface area contributed by atoms with Crippen LogP contribution >= 0.6 is 22.9 Å². The number of hydrogen-bond donors (Lipinski definition) is 0. The van der Waals surface area contributed by atoms with Crippen molar-refractivity contribution in [2.24, 2.45) is 5.92 Å². The number of nitrogens with zero attached hydrogens (tertiary/aromatic N) is 1. The Kier molecular flexibility index (Phi) is 3.99. The van der Waals surface area contributed by atoms with Crippen molar-refractivity contribution in [3.05, 3.63) is 0 Å². The molecule has 0 aromatic heterocycles. The summed E-state index contributed by atoms with van der Waals surface area (Å²) in [6.45, 7) is 1.29. The summed E-state index contributed by atoms with van der Waals surface area (Å²) in [5.74, 6) is 0.996. The van der Waals surface area contributed by atoms with Gasteiger partial charge >= 0.3 is 0 Å². The van der Waals surface area contributed by atoms with E-state index in [-0.39, 0.29) is 0 Å². The molecular weight excluding hydrogens is 237 g/mol. The predicted octanol–water partition coefficient (Wildman–Crippen LogP) is 2.85. The molecule has 0 radical (unpaired) electrons. The highest BCUT2D eigenvalue weighted by Crippen LogP contribution is 2.24. The summed E-state index contributed by atoms with van der Waals surface area (Å²) in [7, 11) is 2.16. The molecule has 1 aliphatic rings. The fraction of sp³-hybridized carbons (Fsp3) is 1.00. The molecule has 0 amide bonds. The van der Waals surface area contributed by atoms with Gasteiger partial charge in [-0.1, -0.05) is 19.3 Å². The standard InChI is InChI=1S/C8H16IN/c1-10(9)7-8-5-3-2-4-6-8/h8H,2-7H2,1H3. The fourth-order valence-corrected chi connectivity index (χ4v) is 2.28. The first-order valence-electron chi connectivity index (χ1n) is 4.16. The van der Waals surface area contributed by atoms with E-state index >= 15 is 0 Å². The van der Waals surface area contributed by atoms with Crippen LogP contribution in [0.25, 0.3) is 0 Å². The lowest BCUT2D eigenvalue weighted by Crippen LogP contribution is -2.19. The lowest BCUT2D eigenvalue weighted by Gasteiger charge is -2.23. The zero-order chi connectivity index (χ0) is 7.40. The van der Waals surface area contributed by atoms with Gasteiger partial charge in [-0.25, -0.2) is 0 Å². The SMILES string of the molecule is CN(I)CC1CCCCC1. The summed E-state index contributed by atoms with van der Waals surface area (Å²) in [6, 6.07) is 0. The Morgan fingerprint density at radius 1 is 1.30 bits per heavy atom. The first-order chi connectivity index (χ1) is 4.79. The highest BCUT2D eigenvalue weighted by molar-refractivity contribution is 14.1. The highest BCUT2D eigenvalue weighted by Gasteiger charge is 2.13. The van der Waals surface area contributed by atoms with E-state index in [4.69, 9.17) is 0 Å². The van der Waals surface area contributed by atoms with E-state index in [1.807, 2.05) is 0 Å². The van der Waals surface area contributed by atoms with E-state index in [0.29, 0.717) is 0 Å². The molecule has 1 saturated carbocycles. The van der Waals surface area contributed by atoms with Gasteiger partial charge in [-0.05, 0) is 25.8 Å². The Morgan fingerprint density at radius 2 is 1.90 bits per heavy atom. The Hall–Kier alpha value is 0.690. The van der Waals surface area contributed by atoms with Gasteiger partial charge in [0, 0.05) is 29.4 Å². The fourth-order valence-electron chi connectivity index (χ4n) is 1.73. The Bertz CT molecular complexity index is 87.3. The van der Waals surface area contributed by atoms with Crippen LogP contribution in [0.4, 0.5) is 0 Å². The molecule has 1 fully saturated rings. The average Bonchev–Trinajstić information content (AvgIpc) is 1.88. The minimum absolute atomic E-state index is 0.996. The van der Waals surface area contributed by atoms with Gasteiger partial charge in [0.1, 0.15) is 0 Å². The first-order valence-corrected chi connectivity index (χ1v) is 5.12. The maximum atomic E-state index is 2.38. The summed E-state index contributed by atoms with van der Waals surface area (Å²) < 4.78 is 2.29. The van der Waals surface area contributed by atoms with Crippen LogP contribution in [0.1, 0.15) is 32.1 Å². The van der Waals surface area contributed by atoms with Gasteiger partial charge in [-0.2, -0.15) is 0 Å². The largest absolute Gasteiger partial charge is 0.250 e. The second-order valence-corrected chi connectivity index (χ2v) is 4.94. The maximum Gasteiger partial charge on any atom is 0.0198 e. The van der Waals surface area contributed by atoms with Crippen LogP contribution in [0, 0.1) is 5.92 Å². The first kappa shape index (κ1) is 8.78. The topological polar surface area (TPSA) is 3.24 Å². The number of halogens is 1. The molecule has 1 rings (SSSR count). The van der Waals surface area contributed by atoms with Crippen molar-refractivity contribution < 1.29 is 0 Å². The van der Waals surface area contributed by atoms with E-state index in [0.717, 1.165) is 5.92 Å². The molecule has 0 atom stereocenters. The van der Waals surface area contributed by atoms with Crippen molar-refractivity contribution in [3.63, 3.8) is 0 Å². The van der Waals surface area contributed by atoms with Crippen molar-refractivity contribution in [1.82, 2.24) is 3.11 Å². The summed E-state index contributed by atoms with van der Waals surface area (Å²) in [5, 5.41) is 0. The molecule has 0 aliphatic heterocycles. The minimum atomic E-state index is 0.996. The van der Waals surface area contributed by atoms with Gasteiger partial charge in [0.05, 0.1) is 0 Å². The molecule has 1 aliphatic carbocycles. The molecule has 2 heteroatoms. The molecule has 0 aromatic rings. The van der Waals surface area contributed by atoms with E-state index in [1.54, 1.807) is 0 Å². The molecule has 1 nitrogen and oxygen atoms in total. The third-order valence-electron chi connectivity index (χ3n) is 2.23. The number of hydrogen-bond acceptors (Lipinski definition) is 1. The van der Waals surface area contributed by atoms with Crippen LogP contribution in [0.5, 0.6) is 0 Å². The quantitative estimate of drug-likeness (QED) is 0.540. The van der Waals surface area contributed by atoms with Gasteiger partial charge < -0.3 is 0 Å². The Balaban J connectivity index is 2.13. The zero-order valence-electron chi connectivity index (χ0n) is 6.65.